The number of hydrogen-bond acceptors (Lipinski definition) is 6. The van der Waals surface area contributed by atoms with E-state index in [4.69, 9.17) is 9.47 Å². The van der Waals surface area contributed by atoms with Crippen LogP contribution in [0.2, 0.25) is 0 Å². The molecule has 0 radical (unpaired) electrons. The van der Waals surface area contributed by atoms with E-state index in [1.54, 1.807) is 23.1 Å². The Balaban J connectivity index is 1.06. The molecule has 3 aromatic carbocycles. The van der Waals surface area contributed by atoms with Crippen LogP contribution in [-0.4, -0.2) is 42.2 Å². The minimum Gasteiger partial charge on any atom is -0.490 e. The fourth-order valence-corrected chi connectivity index (χ4v) is 5.56. The molecule has 210 valence electrons. The SMILES string of the molecule is O=C1C(=CC=Cc2ccc([N+](=O)[O-])cc2)c2ccccc2N1Cc1ccc(O[C@H]2C[C@H](OC3CCNCC3)C2)cc1. The van der Waals surface area contributed by atoms with E-state index in [0.29, 0.717) is 24.3 Å². The Bertz CT molecular complexity index is 1450. The van der Waals surface area contributed by atoms with Crippen molar-refractivity contribution in [3.05, 3.63) is 112 Å². The predicted molar refractivity (Wildman–Crippen MR) is 159 cm³/mol. The van der Waals surface area contributed by atoms with Gasteiger partial charge in [-0.2, -0.15) is 0 Å². The van der Waals surface area contributed by atoms with Gasteiger partial charge in [0.25, 0.3) is 11.6 Å². The Morgan fingerprint density at radius 2 is 1.66 bits per heavy atom. The second-order valence-corrected chi connectivity index (χ2v) is 10.8. The van der Waals surface area contributed by atoms with Crippen LogP contribution in [-0.2, 0) is 16.1 Å². The van der Waals surface area contributed by atoms with Crippen LogP contribution >= 0.6 is 0 Å². The van der Waals surface area contributed by atoms with Crippen LogP contribution in [0.5, 0.6) is 5.75 Å². The van der Waals surface area contributed by atoms with Crippen molar-refractivity contribution < 1.29 is 19.2 Å². The summed E-state index contributed by atoms with van der Waals surface area (Å²) in [7, 11) is 0. The van der Waals surface area contributed by atoms with Gasteiger partial charge in [0.05, 0.1) is 29.4 Å². The zero-order valence-corrected chi connectivity index (χ0v) is 22.8. The third-order valence-corrected chi connectivity index (χ3v) is 7.91. The molecule has 0 atom stereocenters. The first-order chi connectivity index (χ1) is 20.0. The fraction of sp³-hybridized carbons (Fsp3) is 0.303. The fourth-order valence-electron chi connectivity index (χ4n) is 5.56. The van der Waals surface area contributed by atoms with Crippen molar-refractivity contribution in [3.63, 3.8) is 0 Å². The molecule has 1 saturated carbocycles. The summed E-state index contributed by atoms with van der Waals surface area (Å²) in [6.07, 6.45) is 10.3. The van der Waals surface area contributed by atoms with Gasteiger partial charge in [0.1, 0.15) is 11.9 Å². The Labute approximate surface area is 239 Å². The van der Waals surface area contributed by atoms with Gasteiger partial charge in [-0.05, 0) is 73.5 Å². The summed E-state index contributed by atoms with van der Waals surface area (Å²) in [6.45, 7) is 2.53. The first-order valence-corrected chi connectivity index (χ1v) is 14.2. The number of non-ortho nitro benzene ring substituents is 1. The first kappa shape index (κ1) is 26.9. The molecule has 41 heavy (non-hydrogen) atoms. The number of ether oxygens (including phenoxy) is 2. The highest BCUT2D eigenvalue weighted by Crippen LogP contribution is 2.38. The van der Waals surface area contributed by atoms with Crippen molar-refractivity contribution in [2.24, 2.45) is 0 Å². The van der Waals surface area contributed by atoms with E-state index < -0.39 is 4.92 Å². The Morgan fingerprint density at radius 3 is 2.39 bits per heavy atom. The molecule has 3 aliphatic rings. The van der Waals surface area contributed by atoms with Crippen LogP contribution in [0.25, 0.3) is 11.6 Å². The van der Waals surface area contributed by atoms with E-state index in [-0.39, 0.29) is 17.7 Å². The lowest BCUT2D eigenvalue weighted by Crippen LogP contribution is -2.43. The smallest absolute Gasteiger partial charge is 0.269 e. The molecule has 0 aromatic heterocycles. The van der Waals surface area contributed by atoms with Crippen LogP contribution in [0.4, 0.5) is 11.4 Å². The zero-order chi connectivity index (χ0) is 28.2. The minimum absolute atomic E-state index is 0.0462. The number of carbonyl (C=O) groups excluding carboxylic acids is 1. The highest BCUT2D eigenvalue weighted by Gasteiger charge is 2.34. The van der Waals surface area contributed by atoms with Crippen LogP contribution in [0.3, 0.4) is 0 Å². The van der Waals surface area contributed by atoms with E-state index in [2.05, 4.69) is 5.32 Å². The molecule has 2 fully saturated rings. The highest BCUT2D eigenvalue weighted by atomic mass is 16.6. The van der Waals surface area contributed by atoms with Gasteiger partial charge in [-0.1, -0.05) is 42.5 Å². The number of carbonyl (C=O) groups is 1. The van der Waals surface area contributed by atoms with E-state index in [1.165, 1.54) is 12.1 Å². The largest absolute Gasteiger partial charge is 0.490 e. The summed E-state index contributed by atoms with van der Waals surface area (Å²) in [5.74, 6) is 0.776. The number of rotatable bonds is 9. The first-order valence-electron chi connectivity index (χ1n) is 14.2. The highest BCUT2D eigenvalue weighted by molar-refractivity contribution is 6.32. The number of nitro benzene ring substituents is 1. The molecule has 2 aliphatic heterocycles. The molecular weight excluding hydrogens is 518 g/mol. The van der Waals surface area contributed by atoms with Gasteiger partial charge < -0.3 is 19.7 Å². The lowest BCUT2D eigenvalue weighted by atomic mass is 9.91. The zero-order valence-electron chi connectivity index (χ0n) is 22.8. The van der Waals surface area contributed by atoms with Gasteiger partial charge in [-0.15, -0.1) is 0 Å². The molecule has 1 aliphatic carbocycles. The van der Waals surface area contributed by atoms with Crippen molar-refractivity contribution in [2.45, 2.75) is 50.5 Å². The normalized spacial score (nSPS) is 21.7. The molecule has 8 heteroatoms. The molecule has 1 saturated heterocycles. The van der Waals surface area contributed by atoms with Crippen LogP contribution in [0, 0.1) is 10.1 Å². The maximum absolute atomic E-state index is 13.5. The number of nitrogens with one attached hydrogen (secondary N) is 1. The second kappa shape index (κ2) is 12.1. The van der Waals surface area contributed by atoms with Gasteiger partial charge in [-0.25, -0.2) is 0 Å². The number of nitrogens with zero attached hydrogens (tertiary/aromatic N) is 2. The average molecular weight is 552 g/mol. The number of benzene rings is 3. The summed E-state index contributed by atoms with van der Waals surface area (Å²) in [6, 6.07) is 22.1. The van der Waals surface area contributed by atoms with Crippen molar-refractivity contribution in [1.82, 2.24) is 5.32 Å². The predicted octanol–water partition coefficient (Wildman–Crippen LogP) is 5.92. The number of allylic oxidation sites excluding steroid dienone is 2. The van der Waals surface area contributed by atoms with Gasteiger partial charge >= 0.3 is 0 Å². The molecule has 1 N–H and O–H groups in total. The lowest BCUT2D eigenvalue weighted by molar-refractivity contribution is -0.384. The Kier molecular flexibility index (Phi) is 7.93. The number of piperidine rings is 1. The van der Waals surface area contributed by atoms with Gasteiger partial charge in [0.15, 0.2) is 0 Å². The monoisotopic (exact) mass is 551 g/mol. The molecule has 3 aromatic rings. The van der Waals surface area contributed by atoms with Gasteiger partial charge in [0.2, 0.25) is 0 Å². The number of fused-ring (bicyclic) bond motifs is 1. The molecule has 1 amide bonds. The summed E-state index contributed by atoms with van der Waals surface area (Å²) in [5.41, 5.74) is 4.26. The minimum atomic E-state index is -0.422. The number of para-hydroxylation sites is 1. The summed E-state index contributed by atoms with van der Waals surface area (Å²) in [4.78, 5) is 25.7. The third-order valence-electron chi connectivity index (χ3n) is 7.91. The average Bonchev–Trinajstić information content (AvgIpc) is 3.24. The number of anilines is 1. The Morgan fingerprint density at radius 1 is 0.927 bits per heavy atom. The standard InChI is InChI=1S/C33H33N3O5/c37-33-31(6-3-4-23-8-12-25(13-9-23)36(38)39)30-5-1-2-7-32(30)35(33)22-24-10-14-26(15-11-24)40-28-20-29(21-28)41-27-16-18-34-19-17-27/h1-15,27-29,34H,16-22H2/t28-,29-. The van der Waals surface area contributed by atoms with E-state index in [9.17, 15) is 14.9 Å². The maximum atomic E-state index is 13.5. The summed E-state index contributed by atoms with van der Waals surface area (Å²) >= 11 is 0. The van der Waals surface area contributed by atoms with Gasteiger partial charge in [0, 0.05) is 36.1 Å². The molecule has 2 heterocycles. The molecule has 6 rings (SSSR count). The molecule has 8 nitrogen and oxygen atoms in total. The summed E-state index contributed by atoms with van der Waals surface area (Å²) in [5, 5.41) is 14.3. The van der Waals surface area contributed by atoms with Crippen LogP contribution in [0.1, 0.15) is 42.4 Å². The molecule has 0 spiro atoms. The van der Waals surface area contributed by atoms with E-state index in [1.807, 2.05) is 60.7 Å². The van der Waals surface area contributed by atoms with Crippen molar-refractivity contribution in [3.8, 4) is 5.75 Å². The molecule has 0 unspecified atom stereocenters. The van der Waals surface area contributed by atoms with Crippen molar-refractivity contribution in [2.75, 3.05) is 18.0 Å². The van der Waals surface area contributed by atoms with E-state index in [0.717, 1.165) is 66.9 Å². The second-order valence-electron chi connectivity index (χ2n) is 10.8. The molecule has 0 bridgehead atoms. The lowest BCUT2D eigenvalue weighted by Gasteiger charge is -2.38. The van der Waals surface area contributed by atoms with Crippen LogP contribution in [0.15, 0.2) is 84.9 Å². The number of hydrogen-bond donors (Lipinski definition) is 1. The van der Waals surface area contributed by atoms with Crippen molar-refractivity contribution >= 4 is 28.9 Å². The summed E-state index contributed by atoms with van der Waals surface area (Å²) < 4.78 is 12.4. The topological polar surface area (TPSA) is 93.9 Å². The number of nitro groups is 1. The Hall–Kier alpha value is -4.27. The van der Waals surface area contributed by atoms with Gasteiger partial charge in [-0.3, -0.25) is 14.9 Å². The maximum Gasteiger partial charge on any atom is 0.269 e. The van der Waals surface area contributed by atoms with Crippen LogP contribution < -0.4 is 15.0 Å². The van der Waals surface area contributed by atoms with E-state index >= 15 is 0 Å². The third kappa shape index (κ3) is 6.24. The van der Waals surface area contributed by atoms with Crippen molar-refractivity contribution in [1.29, 1.82) is 0 Å². The quantitative estimate of drug-likeness (QED) is 0.202. The molecular formula is C33H33N3O5. The number of amides is 1.